The molecule has 3 N–H and O–H groups in total. The van der Waals surface area contributed by atoms with Crippen LogP contribution in [0.1, 0.15) is 104 Å². The highest BCUT2D eigenvalue weighted by Gasteiger charge is 2.65. The van der Waals surface area contributed by atoms with E-state index in [1.165, 1.54) is 45.7 Å². The smallest absolute Gasteiger partial charge is 0.425 e. The number of carboxylic acid groups (broad SMARTS) is 1. The van der Waals surface area contributed by atoms with E-state index in [0.717, 1.165) is 50.7 Å². The van der Waals surface area contributed by atoms with Crippen LogP contribution in [-0.4, -0.2) is 94.6 Å². The number of halogens is 6. The van der Waals surface area contributed by atoms with E-state index in [1.807, 2.05) is 0 Å². The summed E-state index contributed by atoms with van der Waals surface area (Å²) in [4.78, 5) is 35.3. The lowest BCUT2D eigenvalue weighted by molar-refractivity contribution is -0.291. The van der Waals surface area contributed by atoms with Crippen LogP contribution in [-0.2, 0) is 20.7 Å². The molecule has 53 heavy (non-hydrogen) atoms. The van der Waals surface area contributed by atoms with Gasteiger partial charge in [0.2, 0.25) is 11.2 Å². The number of carboxylic acids is 1. The van der Waals surface area contributed by atoms with Gasteiger partial charge in [0, 0.05) is 26.2 Å². The Labute approximate surface area is 302 Å². The number of Topliss-reactive ketones (excluding diaryl/α,β-unsaturated/α-hetero) is 1. The third kappa shape index (κ3) is 7.45. The van der Waals surface area contributed by atoms with Crippen LogP contribution in [0.5, 0.6) is 0 Å². The average molecular weight is 759 g/mol. The van der Waals surface area contributed by atoms with E-state index in [0.29, 0.717) is 37.0 Å². The lowest BCUT2D eigenvalue weighted by Gasteiger charge is -2.35. The first kappa shape index (κ1) is 39.2. The summed E-state index contributed by atoms with van der Waals surface area (Å²) in [6, 6.07) is 4.46. The molecule has 2 aromatic rings. The van der Waals surface area contributed by atoms with Crippen molar-refractivity contribution in [1.29, 1.82) is 0 Å². The summed E-state index contributed by atoms with van der Waals surface area (Å²) in [7, 11) is 0. The van der Waals surface area contributed by atoms with Gasteiger partial charge in [0.1, 0.15) is 17.2 Å². The number of anilines is 2. The van der Waals surface area contributed by atoms with Crippen LogP contribution in [0.3, 0.4) is 0 Å². The quantitative estimate of drug-likeness (QED) is 0.222. The molecule has 292 valence electrons. The summed E-state index contributed by atoms with van der Waals surface area (Å²) in [6.45, 7) is 4.27. The van der Waals surface area contributed by atoms with Gasteiger partial charge >= 0.3 is 18.3 Å². The van der Waals surface area contributed by atoms with Gasteiger partial charge in [-0.15, -0.1) is 0 Å². The summed E-state index contributed by atoms with van der Waals surface area (Å²) in [5.41, 5.74) is -6.43. The molecule has 3 aliphatic heterocycles. The minimum Gasteiger partial charge on any atom is -0.478 e. The molecule has 7 rings (SSSR count). The van der Waals surface area contributed by atoms with Crippen molar-refractivity contribution in [2.24, 2.45) is 10.8 Å². The number of hydrogen-bond donors (Lipinski definition) is 3. The number of piperidine rings is 2. The molecule has 0 aromatic carbocycles. The largest absolute Gasteiger partial charge is 0.478 e. The number of ether oxygens (including phenoxy) is 2. The number of carbonyl (C=O) groups excluding carboxylic acids is 1. The normalized spacial score (nSPS) is 25.4. The highest BCUT2D eigenvalue weighted by atomic mass is 19.4. The van der Waals surface area contributed by atoms with Crippen LogP contribution >= 0.6 is 0 Å². The van der Waals surface area contributed by atoms with Gasteiger partial charge in [-0.1, -0.05) is 0 Å². The molecule has 0 bridgehead atoms. The third-order valence-electron chi connectivity index (χ3n) is 11.6. The van der Waals surface area contributed by atoms with Crippen molar-refractivity contribution >= 4 is 23.4 Å². The molecule has 2 atom stereocenters. The van der Waals surface area contributed by atoms with E-state index in [4.69, 9.17) is 14.6 Å². The van der Waals surface area contributed by atoms with Crippen molar-refractivity contribution in [3.8, 4) is 0 Å². The number of nitrogens with zero attached hydrogens (tertiary/aromatic N) is 4. The first-order valence-electron chi connectivity index (χ1n) is 17.7. The first-order chi connectivity index (χ1) is 24.6. The number of hydrogen-bond acceptors (Lipinski definition) is 10. The number of aliphatic hydroxyl groups is 2. The van der Waals surface area contributed by atoms with Crippen molar-refractivity contribution in [1.82, 2.24) is 9.97 Å². The molecule has 0 radical (unpaired) electrons. The van der Waals surface area contributed by atoms with Crippen LogP contribution in [0.15, 0.2) is 24.3 Å². The minimum atomic E-state index is -5.08. The molecule has 5 aliphatic rings. The second kappa shape index (κ2) is 13.3. The summed E-state index contributed by atoms with van der Waals surface area (Å²) >= 11 is 0. The highest BCUT2D eigenvalue weighted by molar-refractivity contribution is 5.99. The van der Waals surface area contributed by atoms with E-state index in [1.54, 1.807) is 9.80 Å². The molecule has 2 unspecified atom stereocenters. The number of aliphatic hydroxyl groups excluding tert-OH is 1. The van der Waals surface area contributed by atoms with Crippen molar-refractivity contribution in [2.45, 2.75) is 101 Å². The fourth-order valence-corrected chi connectivity index (χ4v) is 7.50. The van der Waals surface area contributed by atoms with Crippen molar-refractivity contribution in [2.75, 3.05) is 49.2 Å². The van der Waals surface area contributed by atoms with Gasteiger partial charge < -0.3 is 34.6 Å². The lowest BCUT2D eigenvalue weighted by atomic mass is 9.93. The van der Waals surface area contributed by atoms with Gasteiger partial charge in [0.05, 0.1) is 30.2 Å². The second-order valence-corrected chi connectivity index (χ2v) is 15.6. The van der Waals surface area contributed by atoms with Crippen LogP contribution in [0.4, 0.5) is 38.0 Å². The average Bonchev–Trinajstić information content (AvgIpc) is 4.01. The van der Waals surface area contributed by atoms with E-state index >= 15 is 0 Å². The van der Waals surface area contributed by atoms with Crippen molar-refractivity contribution in [3.05, 3.63) is 46.8 Å². The van der Waals surface area contributed by atoms with E-state index in [-0.39, 0.29) is 34.2 Å². The van der Waals surface area contributed by atoms with Crippen molar-refractivity contribution in [3.63, 3.8) is 0 Å². The first-order valence-corrected chi connectivity index (χ1v) is 17.7. The number of aromatic nitrogens is 2. The Morgan fingerprint density at radius 1 is 0.792 bits per heavy atom. The zero-order valence-electron chi connectivity index (χ0n) is 29.7. The lowest BCUT2D eigenvalue weighted by Crippen LogP contribution is -2.47. The van der Waals surface area contributed by atoms with Gasteiger partial charge in [0.25, 0.3) is 0 Å². The monoisotopic (exact) mass is 758 g/mol. The number of rotatable bonds is 7. The molecular weight excluding hydrogens is 714 g/mol. The maximum atomic E-state index is 14.0. The predicted molar refractivity (Wildman–Crippen MR) is 178 cm³/mol. The summed E-state index contributed by atoms with van der Waals surface area (Å²) < 4.78 is 92.2. The Bertz CT molecular complexity index is 1730. The minimum absolute atomic E-state index is 0.0671. The molecule has 11 nitrogen and oxygen atoms in total. The number of aromatic carboxylic acids is 1. The van der Waals surface area contributed by atoms with Crippen LogP contribution in [0.25, 0.3) is 0 Å². The molecule has 2 aromatic heterocycles. The molecule has 2 aliphatic carbocycles. The SMILES string of the molecule is CC(=O)c1ccc(C(O)(CO)C(F)(F)F)nc1N1CCC2(CC1)CC2.CC1(C)OCC(c2ccc(C(=O)O)c(N3CCC4(CC3)CC4)n2)(C(F)(F)F)O1. The highest BCUT2D eigenvalue weighted by Crippen LogP contribution is 2.55. The maximum Gasteiger partial charge on any atom is 0.425 e. The van der Waals surface area contributed by atoms with Crippen LogP contribution < -0.4 is 9.80 Å². The zero-order chi connectivity index (χ0) is 38.8. The number of pyridine rings is 2. The Balaban J connectivity index is 0.000000183. The molecule has 17 heteroatoms. The Kier molecular flexibility index (Phi) is 9.86. The van der Waals surface area contributed by atoms with Crippen molar-refractivity contribution < 1.29 is 60.7 Å². The van der Waals surface area contributed by atoms with Gasteiger partial charge in [-0.2, -0.15) is 26.3 Å². The second-order valence-electron chi connectivity index (χ2n) is 15.6. The van der Waals surface area contributed by atoms with Gasteiger partial charge in [-0.3, -0.25) is 4.79 Å². The molecule has 0 amide bonds. The number of carbonyl (C=O) groups is 2. The molecular formula is C36H44F6N4O7. The Morgan fingerprint density at radius 2 is 1.28 bits per heavy atom. The fraction of sp³-hybridized carbons (Fsp3) is 0.667. The van der Waals surface area contributed by atoms with E-state index in [9.17, 15) is 46.1 Å². The fourth-order valence-electron chi connectivity index (χ4n) is 7.50. The summed E-state index contributed by atoms with van der Waals surface area (Å²) in [6.07, 6.45) is -1.55. The Morgan fingerprint density at radius 3 is 1.66 bits per heavy atom. The van der Waals surface area contributed by atoms with Gasteiger partial charge in [-0.05, 0) is 107 Å². The molecule has 5 fully saturated rings. The van der Waals surface area contributed by atoms with Gasteiger partial charge in [-0.25, -0.2) is 14.8 Å². The predicted octanol–water partition coefficient (Wildman–Crippen LogP) is 6.11. The molecule has 5 heterocycles. The standard InChI is InChI=1S/C19H23F3N2O4.C17H21F3N2O3/c1-16(2)27-11-18(28-16,19(20,21)22)13-4-3-12(15(25)26)14(23-13)24-9-7-17(5-6-17)8-10-24;1-11(24)12-2-3-13(16(25,10-23)17(18,19)20)21-14(12)22-8-6-15(4-5-15)7-9-22/h3-4H,5-11H2,1-2H3,(H,25,26);2-3,23,25H,4-10H2,1H3. The Hall–Kier alpha value is -3.54. The third-order valence-corrected chi connectivity index (χ3v) is 11.6. The number of alkyl halides is 6. The summed E-state index contributed by atoms with van der Waals surface area (Å²) in [5.74, 6) is -2.73. The maximum absolute atomic E-state index is 14.0. The van der Waals surface area contributed by atoms with E-state index < -0.39 is 54.2 Å². The van der Waals surface area contributed by atoms with Crippen LogP contribution in [0, 0.1) is 10.8 Å². The molecule has 3 saturated heterocycles. The van der Waals surface area contributed by atoms with E-state index in [2.05, 4.69) is 9.97 Å². The van der Waals surface area contributed by atoms with Crippen LogP contribution in [0.2, 0.25) is 0 Å². The number of ketones is 1. The van der Waals surface area contributed by atoms with Gasteiger partial charge in [0.15, 0.2) is 11.6 Å². The zero-order valence-corrected chi connectivity index (χ0v) is 29.7. The topological polar surface area (TPSA) is 146 Å². The molecule has 2 saturated carbocycles. The summed E-state index contributed by atoms with van der Waals surface area (Å²) in [5, 5.41) is 28.6. The molecule has 2 spiro atoms.